The van der Waals surface area contributed by atoms with Crippen LogP contribution in [0.5, 0.6) is 0 Å². The molecule has 1 aliphatic heterocycles. The van der Waals surface area contributed by atoms with Crippen molar-refractivity contribution in [1.29, 1.82) is 0 Å². The molecule has 1 aliphatic rings. The number of nitrogens with one attached hydrogen (secondary N) is 1. The molecule has 0 aromatic heterocycles. The number of carboxylic acids is 1. The largest absolute Gasteiger partial charge is 0.481 e. The zero-order valence-corrected chi connectivity index (χ0v) is 9.85. The molecule has 0 spiro atoms. The summed E-state index contributed by atoms with van der Waals surface area (Å²) in [4.78, 5) is 12.9. The van der Waals surface area contributed by atoms with E-state index in [-0.39, 0.29) is 6.42 Å². The quantitative estimate of drug-likeness (QED) is 0.819. The second kappa shape index (κ2) is 5.68. The van der Waals surface area contributed by atoms with Gasteiger partial charge in [0.25, 0.3) is 0 Å². The number of hydrogen-bond acceptors (Lipinski definition) is 3. The van der Waals surface area contributed by atoms with Gasteiger partial charge in [0.05, 0.1) is 0 Å². The van der Waals surface area contributed by atoms with Crippen molar-refractivity contribution in [3.63, 3.8) is 0 Å². The molecule has 0 aliphatic carbocycles. The topological polar surface area (TPSA) is 52.6 Å². The Balaban J connectivity index is 2.02. The number of nitrogens with zero attached hydrogens (tertiary/aromatic N) is 1. The van der Waals surface area contributed by atoms with Crippen molar-refractivity contribution in [3.05, 3.63) is 29.8 Å². The summed E-state index contributed by atoms with van der Waals surface area (Å²) in [6.07, 6.45) is 0.806. The molecule has 0 radical (unpaired) electrons. The summed E-state index contributed by atoms with van der Waals surface area (Å²) in [5, 5.41) is 12.0. The maximum atomic E-state index is 10.5. The molecule has 1 heterocycles. The van der Waals surface area contributed by atoms with Gasteiger partial charge in [0.1, 0.15) is 0 Å². The second-order valence-electron chi connectivity index (χ2n) is 4.30. The molecule has 92 valence electrons. The molecule has 1 saturated heterocycles. The molecule has 0 saturated carbocycles. The van der Waals surface area contributed by atoms with Gasteiger partial charge < -0.3 is 15.3 Å². The molecule has 0 unspecified atom stereocenters. The average molecular weight is 234 g/mol. The Bertz CT molecular complexity index is 387. The summed E-state index contributed by atoms with van der Waals surface area (Å²) in [6, 6.07) is 8.20. The zero-order chi connectivity index (χ0) is 12.1. The second-order valence-corrected chi connectivity index (χ2v) is 4.30. The number of piperazine rings is 1. The SMILES string of the molecule is O=C(O)CCc1cccc(N2CCNCC2)c1. The minimum atomic E-state index is -0.738. The van der Waals surface area contributed by atoms with E-state index < -0.39 is 5.97 Å². The smallest absolute Gasteiger partial charge is 0.303 e. The van der Waals surface area contributed by atoms with Gasteiger partial charge in [0.2, 0.25) is 0 Å². The first-order valence-electron chi connectivity index (χ1n) is 6.02. The Labute approximate surface area is 101 Å². The Hall–Kier alpha value is -1.55. The van der Waals surface area contributed by atoms with Gasteiger partial charge in [-0.1, -0.05) is 12.1 Å². The van der Waals surface area contributed by atoms with Crippen molar-refractivity contribution in [3.8, 4) is 0 Å². The van der Waals surface area contributed by atoms with Crippen LogP contribution in [0.15, 0.2) is 24.3 Å². The highest BCUT2D eigenvalue weighted by molar-refractivity contribution is 5.67. The van der Waals surface area contributed by atoms with Gasteiger partial charge in [0.15, 0.2) is 0 Å². The Morgan fingerprint density at radius 3 is 2.82 bits per heavy atom. The minimum Gasteiger partial charge on any atom is -0.481 e. The molecule has 2 N–H and O–H groups in total. The lowest BCUT2D eigenvalue weighted by atomic mass is 10.1. The summed E-state index contributed by atoms with van der Waals surface area (Å²) in [7, 11) is 0. The van der Waals surface area contributed by atoms with Crippen molar-refractivity contribution in [1.82, 2.24) is 5.32 Å². The van der Waals surface area contributed by atoms with E-state index in [0.717, 1.165) is 31.7 Å². The van der Waals surface area contributed by atoms with Crippen LogP contribution in [0.4, 0.5) is 5.69 Å². The third-order valence-corrected chi connectivity index (χ3v) is 3.02. The summed E-state index contributed by atoms with van der Waals surface area (Å²) in [5.41, 5.74) is 2.30. The Morgan fingerprint density at radius 2 is 2.12 bits per heavy atom. The van der Waals surface area contributed by atoms with Gasteiger partial charge in [-0.15, -0.1) is 0 Å². The molecule has 0 atom stereocenters. The number of anilines is 1. The van der Waals surface area contributed by atoms with E-state index in [0.29, 0.717) is 6.42 Å². The van der Waals surface area contributed by atoms with E-state index in [1.54, 1.807) is 0 Å². The Morgan fingerprint density at radius 1 is 1.35 bits per heavy atom. The van der Waals surface area contributed by atoms with Crippen LogP contribution in [0.3, 0.4) is 0 Å². The first kappa shape index (κ1) is 11.9. The molecule has 1 aromatic rings. The highest BCUT2D eigenvalue weighted by atomic mass is 16.4. The first-order valence-corrected chi connectivity index (χ1v) is 6.02. The van der Waals surface area contributed by atoms with Crippen LogP contribution in [-0.2, 0) is 11.2 Å². The van der Waals surface area contributed by atoms with Crippen LogP contribution < -0.4 is 10.2 Å². The van der Waals surface area contributed by atoms with Crippen molar-refractivity contribution >= 4 is 11.7 Å². The van der Waals surface area contributed by atoms with Crippen LogP contribution in [0.25, 0.3) is 0 Å². The maximum Gasteiger partial charge on any atom is 0.303 e. The molecule has 4 heteroatoms. The van der Waals surface area contributed by atoms with Crippen molar-refractivity contribution in [2.24, 2.45) is 0 Å². The van der Waals surface area contributed by atoms with E-state index in [1.165, 1.54) is 5.69 Å². The van der Waals surface area contributed by atoms with Gasteiger partial charge in [-0.25, -0.2) is 0 Å². The molecular weight excluding hydrogens is 216 g/mol. The standard InChI is InChI=1S/C13H18N2O2/c16-13(17)5-4-11-2-1-3-12(10-11)15-8-6-14-7-9-15/h1-3,10,14H,4-9H2,(H,16,17). The number of aryl methyl sites for hydroxylation is 1. The number of carbonyl (C=O) groups is 1. The van der Waals surface area contributed by atoms with E-state index in [1.807, 2.05) is 12.1 Å². The lowest BCUT2D eigenvalue weighted by Crippen LogP contribution is -2.43. The fraction of sp³-hybridized carbons (Fsp3) is 0.462. The van der Waals surface area contributed by atoms with Crippen molar-refractivity contribution < 1.29 is 9.90 Å². The number of hydrogen-bond donors (Lipinski definition) is 2. The number of rotatable bonds is 4. The summed E-state index contributed by atoms with van der Waals surface area (Å²) in [5.74, 6) is -0.738. The molecule has 0 bridgehead atoms. The van der Waals surface area contributed by atoms with E-state index in [4.69, 9.17) is 5.11 Å². The molecule has 2 rings (SSSR count). The minimum absolute atomic E-state index is 0.199. The van der Waals surface area contributed by atoms with Gasteiger partial charge in [-0.2, -0.15) is 0 Å². The zero-order valence-electron chi connectivity index (χ0n) is 9.85. The van der Waals surface area contributed by atoms with E-state index in [9.17, 15) is 4.79 Å². The van der Waals surface area contributed by atoms with Crippen LogP contribution in [0, 0.1) is 0 Å². The molecule has 4 nitrogen and oxygen atoms in total. The van der Waals surface area contributed by atoms with Crippen LogP contribution in [-0.4, -0.2) is 37.3 Å². The van der Waals surface area contributed by atoms with Crippen molar-refractivity contribution in [2.45, 2.75) is 12.8 Å². The molecule has 1 fully saturated rings. The third kappa shape index (κ3) is 3.46. The first-order chi connectivity index (χ1) is 8.25. The summed E-state index contributed by atoms with van der Waals surface area (Å²) in [6.45, 7) is 4.06. The Kier molecular flexibility index (Phi) is 3.98. The molecule has 1 aromatic carbocycles. The van der Waals surface area contributed by atoms with Crippen molar-refractivity contribution in [2.75, 3.05) is 31.1 Å². The lowest BCUT2D eigenvalue weighted by Gasteiger charge is -2.29. The maximum absolute atomic E-state index is 10.5. The van der Waals surface area contributed by atoms with Crippen LogP contribution in [0.2, 0.25) is 0 Å². The predicted octanol–water partition coefficient (Wildman–Crippen LogP) is 1.11. The van der Waals surface area contributed by atoms with Gasteiger partial charge in [-0.3, -0.25) is 4.79 Å². The van der Waals surface area contributed by atoms with Gasteiger partial charge >= 0.3 is 5.97 Å². The predicted molar refractivity (Wildman–Crippen MR) is 67.5 cm³/mol. The summed E-state index contributed by atoms with van der Waals surface area (Å²) >= 11 is 0. The van der Waals surface area contributed by atoms with Gasteiger partial charge in [0, 0.05) is 38.3 Å². The van der Waals surface area contributed by atoms with Gasteiger partial charge in [-0.05, 0) is 24.1 Å². The van der Waals surface area contributed by atoms with E-state index >= 15 is 0 Å². The lowest BCUT2D eigenvalue weighted by molar-refractivity contribution is -0.136. The normalized spacial score (nSPS) is 15.9. The number of benzene rings is 1. The average Bonchev–Trinajstić information content (AvgIpc) is 2.38. The molecule has 0 amide bonds. The van der Waals surface area contributed by atoms with Crippen LogP contribution >= 0.6 is 0 Å². The molecule has 17 heavy (non-hydrogen) atoms. The van der Waals surface area contributed by atoms with Crippen LogP contribution in [0.1, 0.15) is 12.0 Å². The fourth-order valence-corrected chi connectivity index (χ4v) is 2.08. The number of carboxylic acid groups (broad SMARTS) is 1. The fourth-order valence-electron chi connectivity index (χ4n) is 2.08. The highest BCUT2D eigenvalue weighted by Crippen LogP contribution is 2.17. The third-order valence-electron chi connectivity index (χ3n) is 3.02. The molecular formula is C13H18N2O2. The number of aliphatic carboxylic acids is 1. The van der Waals surface area contributed by atoms with E-state index in [2.05, 4.69) is 22.3 Å². The highest BCUT2D eigenvalue weighted by Gasteiger charge is 2.10. The summed E-state index contributed by atoms with van der Waals surface area (Å²) < 4.78 is 0. The monoisotopic (exact) mass is 234 g/mol.